The highest BCUT2D eigenvalue weighted by molar-refractivity contribution is 6.32. The summed E-state index contributed by atoms with van der Waals surface area (Å²) >= 11 is 0. The van der Waals surface area contributed by atoms with Gasteiger partial charge >= 0.3 is 11.8 Å². The number of likely N-dealkylation sites (tertiary alicyclic amines) is 1. The van der Waals surface area contributed by atoms with E-state index in [0.717, 1.165) is 25.2 Å². The SMILES string of the molecule is COc1c(N2CCC(NC(=O)C3CN(C4=C5NC(=O)/C(C)=C\C=C\[C@H](C)[C@H](O)[C@@H](C)[C@@H](O)[C@@H](C)[C@H](OC(C)=O)[C@H](C)[C@@H](OC)/C=C/O[C@@]6(C)Oc7c(C)c(O)c(c(c7C6=O)C4=O)C5=O)C3)C2)c(F)cc2c(=O)c(C(C)=O)cn(C3CC3)c12. The molecule has 21 nitrogen and oxygen atoms in total. The van der Waals surface area contributed by atoms with E-state index in [1.54, 1.807) is 38.7 Å². The number of carbonyl (C=O) groups excluding carboxylic acids is 7. The van der Waals surface area contributed by atoms with Crippen molar-refractivity contribution in [2.24, 2.45) is 29.6 Å². The minimum atomic E-state index is -2.20. The van der Waals surface area contributed by atoms with Gasteiger partial charge in [-0.1, -0.05) is 45.9 Å². The predicted molar refractivity (Wildman–Crippen MR) is 295 cm³/mol. The van der Waals surface area contributed by atoms with Gasteiger partial charge in [0.2, 0.25) is 17.5 Å². The number of phenolic OH excluding ortho intramolecular Hbond substituents is 1. The Morgan fingerprint density at radius 2 is 1.57 bits per heavy atom. The Hall–Kier alpha value is -7.69. The van der Waals surface area contributed by atoms with Gasteiger partial charge in [0.1, 0.15) is 34.7 Å². The van der Waals surface area contributed by atoms with E-state index in [4.69, 9.17) is 23.7 Å². The average molecular weight is 1140 g/mol. The molecule has 22 heteroatoms. The number of aromatic nitrogens is 1. The van der Waals surface area contributed by atoms with E-state index in [0.29, 0.717) is 18.5 Å². The lowest BCUT2D eigenvalue weighted by molar-refractivity contribution is -0.160. The van der Waals surface area contributed by atoms with Crippen LogP contribution in [0, 0.1) is 42.3 Å². The molecule has 82 heavy (non-hydrogen) atoms. The smallest absolute Gasteiger partial charge is 0.312 e. The molecule has 5 N–H and O–H groups in total. The largest absolute Gasteiger partial charge is 0.507 e. The molecule has 6 heterocycles. The van der Waals surface area contributed by atoms with E-state index in [-0.39, 0.29) is 76.2 Å². The summed E-state index contributed by atoms with van der Waals surface area (Å²) in [5.74, 6) is -12.5. The number of nitrogens with zero attached hydrogens (tertiary/aromatic N) is 3. The lowest BCUT2D eigenvalue weighted by Gasteiger charge is -2.43. The maximum atomic E-state index is 16.3. The topological polar surface area (TPSA) is 279 Å². The third kappa shape index (κ3) is 10.4. The monoisotopic (exact) mass is 1140 g/mol. The van der Waals surface area contributed by atoms with Crippen LogP contribution in [0.25, 0.3) is 10.9 Å². The molecule has 0 spiro atoms. The summed E-state index contributed by atoms with van der Waals surface area (Å²) in [4.78, 5) is 115. The van der Waals surface area contributed by atoms with Crippen molar-refractivity contribution in [3.63, 3.8) is 0 Å². The number of anilines is 1. The first-order chi connectivity index (χ1) is 38.7. The molecule has 2 saturated heterocycles. The van der Waals surface area contributed by atoms with Crippen LogP contribution in [-0.4, -0.2) is 142 Å². The van der Waals surface area contributed by atoms with Gasteiger partial charge in [-0.25, -0.2) is 4.39 Å². The van der Waals surface area contributed by atoms with Crippen molar-refractivity contribution in [2.75, 3.05) is 45.3 Å². The number of nitrogens with one attached hydrogen (secondary N) is 2. The van der Waals surface area contributed by atoms with Crippen molar-refractivity contribution in [3.05, 3.63) is 104 Å². The van der Waals surface area contributed by atoms with Gasteiger partial charge in [-0.2, -0.15) is 0 Å². The number of esters is 1. The summed E-state index contributed by atoms with van der Waals surface area (Å²) in [7, 11) is 2.78. The summed E-state index contributed by atoms with van der Waals surface area (Å²) in [6.07, 6.45) is 6.45. The molecule has 1 aromatic heterocycles. The summed E-state index contributed by atoms with van der Waals surface area (Å²) in [6, 6.07) is 0.625. The van der Waals surface area contributed by atoms with E-state index >= 15 is 9.18 Å². The van der Waals surface area contributed by atoms with Crippen LogP contribution in [0.15, 0.2) is 64.6 Å². The number of Topliss-reactive ketones (excluding diaryl/α,β-unsaturated/α-hetero) is 4. The Morgan fingerprint density at radius 1 is 0.878 bits per heavy atom. The number of aromatic hydroxyl groups is 1. The highest BCUT2D eigenvalue weighted by atomic mass is 19.1. The second kappa shape index (κ2) is 22.6. The van der Waals surface area contributed by atoms with Gasteiger partial charge in [0.05, 0.1) is 70.8 Å². The van der Waals surface area contributed by atoms with Crippen molar-refractivity contribution < 1.29 is 77.0 Å². The number of methoxy groups -OCH3 is 2. The Balaban J connectivity index is 1.02. The van der Waals surface area contributed by atoms with Crippen LogP contribution in [0.3, 0.4) is 0 Å². The minimum Gasteiger partial charge on any atom is -0.507 e. The Kier molecular flexibility index (Phi) is 16.2. The second-order valence-electron chi connectivity index (χ2n) is 22.8. The van der Waals surface area contributed by atoms with Crippen LogP contribution in [-0.2, 0) is 28.6 Å². The van der Waals surface area contributed by atoms with Crippen LogP contribution in [0.1, 0.15) is 128 Å². The molecule has 3 aromatic rings. The van der Waals surface area contributed by atoms with Crippen LogP contribution in [0.4, 0.5) is 10.1 Å². The molecule has 0 radical (unpaired) electrons. The lowest BCUT2D eigenvalue weighted by Crippen LogP contribution is -2.57. The van der Waals surface area contributed by atoms with Gasteiger partial charge < -0.3 is 64.0 Å². The number of phenols is 1. The van der Waals surface area contributed by atoms with E-state index in [2.05, 4.69) is 10.6 Å². The van der Waals surface area contributed by atoms with Gasteiger partial charge in [0, 0.05) is 100 Å². The number of aliphatic hydroxyl groups excluding tert-OH is 2. The zero-order valence-electron chi connectivity index (χ0n) is 47.7. The number of halogens is 1. The maximum Gasteiger partial charge on any atom is 0.312 e. The Morgan fingerprint density at radius 3 is 2.21 bits per heavy atom. The number of benzene rings is 2. The van der Waals surface area contributed by atoms with Gasteiger partial charge in [-0.3, -0.25) is 38.4 Å². The molecule has 438 valence electrons. The van der Waals surface area contributed by atoms with Crippen LogP contribution >= 0.6 is 0 Å². The highest BCUT2D eigenvalue weighted by Gasteiger charge is 2.54. The maximum absolute atomic E-state index is 16.3. The van der Waals surface area contributed by atoms with E-state index in [1.807, 2.05) is 4.57 Å². The number of fused-ring (bicyclic) bond motifs is 15. The molecule has 10 rings (SSSR count). The first kappa shape index (κ1) is 58.9. The number of carbonyl (C=O) groups is 7. The molecule has 2 aliphatic carbocycles. The van der Waals surface area contributed by atoms with Gasteiger partial charge in [-0.15, -0.1) is 0 Å². The standard InChI is InChI=1S/C60H70FN5O16/c1-26-13-12-14-27(2)58(76)63-44-47(65-22-34(23-65)59(77)62-35-17-19-64(24-35)46-39(61)21-37-45(56(46)79-11)66(36-15-16-36)25-38(32(7)67)51(37)72)53(74)41-42(52(44)73)50(71)31(6)55-43(41)57(75)60(9,82-55)80-20-18-40(78-10)28(3)54(81-33(8)68)30(5)49(70)29(4)48(26)69/h12-14,18,20-21,25-26,28-30,34-36,40,48-49,54,69-71H,15-17,19,22-24H2,1-11H3,(H,62,77)(H,63,76)/b13-12+,20-18+,27-14-/t26-,28+,29+,30+,35?,40-,48-,49+,54+,60-/m0/s1. The van der Waals surface area contributed by atoms with Crippen molar-refractivity contribution in [2.45, 2.75) is 124 Å². The number of ether oxygens (including phenoxy) is 5. The van der Waals surface area contributed by atoms with Gasteiger partial charge in [0.15, 0.2) is 22.8 Å². The molecular formula is C60H70FN5O16. The molecule has 10 atom stereocenters. The molecule has 5 bridgehead atoms. The van der Waals surface area contributed by atoms with Crippen molar-refractivity contribution in [1.29, 1.82) is 0 Å². The van der Waals surface area contributed by atoms with Crippen LogP contribution in [0.2, 0.25) is 0 Å². The molecule has 7 aliphatic rings. The fourth-order valence-electron chi connectivity index (χ4n) is 12.0. The van der Waals surface area contributed by atoms with Crippen molar-refractivity contribution in [3.8, 4) is 17.2 Å². The van der Waals surface area contributed by atoms with Crippen molar-refractivity contribution in [1.82, 2.24) is 20.1 Å². The summed E-state index contributed by atoms with van der Waals surface area (Å²) < 4.78 is 47.6. The summed E-state index contributed by atoms with van der Waals surface area (Å²) in [5, 5.41) is 40.6. The number of aliphatic hydroxyl groups is 2. The number of hydrogen-bond acceptors (Lipinski definition) is 18. The molecule has 5 aliphatic heterocycles. The number of amides is 2. The number of hydrogen-bond donors (Lipinski definition) is 5. The molecule has 2 amide bonds. The lowest BCUT2D eigenvalue weighted by atomic mass is 9.78. The number of allylic oxidation sites excluding steroid dienone is 4. The number of rotatable bonds is 9. The third-order valence-corrected chi connectivity index (χ3v) is 17.1. The molecular weight excluding hydrogens is 1070 g/mol. The fraction of sp³-hybridized carbons (Fsp3) is 0.500. The number of ketones is 4. The first-order valence-electron chi connectivity index (χ1n) is 27.5. The zero-order chi connectivity index (χ0) is 59.7. The second-order valence-corrected chi connectivity index (χ2v) is 22.8. The number of pyridine rings is 1. The molecule has 1 saturated carbocycles. The predicted octanol–water partition coefficient (Wildman–Crippen LogP) is 5.29. The molecule has 3 fully saturated rings. The quantitative estimate of drug-likeness (QED) is 0.135. The fourth-order valence-corrected chi connectivity index (χ4v) is 12.0. The van der Waals surface area contributed by atoms with E-state index < -0.39 is 141 Å². The Labute approximate surface area is 472 Å². The van der Waals surface area contributed by atoms with Crippen LogP contribution in [0.5, 0.6) is 17.2 Å². The van der Waals surface area contributed by atoms with Gasteiger partial charge in [0.25, 0.3) is 11.7 Å². The average Bonchev–Trinajstić information content (AvgIpc) is 3.79. The zero-order valence-corrected chi connectivity index (χ0v) is 47.7. The van der Waals surface area contributed by atoms with Crippen LogP contribution < -0.4 is 30.4 Å². The molecule has 1 unspecified atom stereocenters. The molecule has 2 aromatic carbocycles. The summed E-state index contributed by atoms with van der Waals surface area (Å²) in [5.41, 5.74) is -2.54. The Bertz CT molecular complexity index is 3410. The van der Waals surface area contributed by atoms with Gasteiger partial charge in [-0.05, 0) is 52.2 Å². The normalized spacial score (nSPS) is 29.6. The van der Waals surface area contributed by atoms with E-state index in [1.165, 1.54) is 78.2 Å². The third-order valence-electron chi connectivity index (χ3n) is 17.1. The highest BCUT2D eigenvalue weighted by Crippen LogP contribution is 2.50. The van der Waals surface area contributed by atoms with E-state index in [9.17, 15) is 48.9 Å². The summed E-state index contributed by atoms with van der Waals surface area (Å²) in [6.45, 7) is 13.5. The first-order valence-corrected chi connectivity index (χ1v) is 27.5. The van der Waals surface area contributed by atoms with Crippen molar-refractivity contribution >= 4 is 57.5 Å². The minimum absolute atomic E-state index is 0.00788.